The van der Waals surface area contributed by atoms with E-state index in [1.54, 1.807) is 18.7 Å². The second-order valence-corrected chi connectivity index (χ2v) is 8.46. The number of hydrogen-bond donors (Lipinski definition) is 1. The van der Waals surface area contributed by atoms with E-state index in [0.717, 1.165) is 31.7 Å². The number of nitrogens with zero attached hydrogens (tertiary/aromatic N) is 1. The summed E-state index contributed by atoms with van der Waals surface area (Å²) in [6.07, 6.45) is 2.19. The minimum absolute atomic E-state index is 0.232. The van der Waals surface area contributed by atoms with Gasteiger partial charge in [0, 0.05) is 30.3 Å². The van der Waals surface area contributed by atoms with Gasteiger partial charge in [-0.3, -0.25) is 4.90 Å². The zero-order chi connectivity index (χ0) is 13.6. The Kier molecular flexibility index (Phi) is 6.98. The van der Waals surface area contributed by atoms with Gasteiger partial charge >= 0.3 is 0 Å². The van der Waals surface area contributed by atoms with E-state index in [1.807, 2.05) is 0 Å². The average molecular weight is 294 g/mol. The van der Waals surface area contributed by atoms with Gasteiger partial charge in [-0.15, -0.1) is 0 Å². The van der Waals surface area contributed by atoms with Crippen molar-refractivity contribution in [3.63, 3.8) is 0 Å². The Hall–Kier alpha value is 0.220. The van der Waals surface area contributed by atoms with Crippen molar-refractivity contribution < 1.29 is 8.42 Å². The summed E-state index contributed by atoms with van der Waals surface area (Å²) in [7, 11) is -2.97. The molecule has 4 nitrogen and oxygen atoms in total. The van der Waals surface area contributed by atoms with Gasteiger partial charge in [0.25, 0.3) is 0 Å². The van der Waals surface area contributed by atoms with Crippen LogP contribution in [0.1, 0.15) is 26.7 Å². The molecule has 0 aromatic heterocycles. The largest absolute Gasteiger partial charge is 0.330 e. The smallest absolute Gasteiger partial charge is 0.166 e. The zero-order valence-corrected chi connectivity index (χ0v) is 13.1. The summed E-state index contributed by atoms with van der Waals surface area (Å²) in [5.41, 5.74) is 5.78. The molecule has 1 heterocycles. The van der Waals surface area contributed by atoms with Gasteiger partial charge in [-0.2, -0.15) is 11.8 Å². The van der Waals surface area contributed by atoms with Crippen LogP contribution in [0.5, 0.6) is 0 Å². The maximum Gasteiger partial charge on any atom is 0.166 e. The van der Waals surface area contributed by atoms with Crippen LogP contribution in [0, 0.1) is 5.92 Å². The van der Waals surface area contributed by atoms with Gasteiger partial charge in [0.1, 0.15) is 5.37 Å². The fourth-order valence-corrected chi connectivity index (χ4v) is 5.46. The monoisotopic (exact) mass is 294 g/mol. The van der Waals surface area contributed by atoms with Crippen molar-refractivity contribution in [1.29, 1.82) is 0 Å². The first-order chi connectivity index (χ1) is 8.55. The quantitative estimate of drug-likeness (QED) is 0.763. The number of rotatable bonds is 7. The molecule has 0 amide bonds. The lowest BCUT2D eigenvalue weighted by molar-refractivity contribution is 0.222. The molecular weight excluding hydrogens is 268 g/mol. The van der Waals surface area contributed by atoms with Gasteiger partial charge in [-0.25, -0.2) is 8.42 Å². The third-order valence-corrected chi connectivity index (χ3v) is 6.86. The van der Waals surface area contributed by atoms with Crippen molar-refractivity contribution in [2.45, 2.75) is 32.1 Å². The molecule has 2 atom stereocenters. The summed E-state index contributed by atoms with van der Waals surface area (Å²) >= 11 is 1.74. The molecule has 2 N–H and O–H groups in total. The van der Waals surface area contributed by atoms with E-state index in [9.17, 15) is 8.42 Å². The standard InChI is InChI=1S/C12H26N2O2S2/c1-3-5-11(8-13)9-14-6-7-17-10-12(14)18(15,16)4-2/h11-12H,3-10,13H2,1-2H3. The van der Waals surface area contributed by atoms with E-state index < -0.39 is 9.84 Å². The lowest BCUT2D eigenvalue weighted by Gasteiger charge is -2.36. The summed E-state index contributed by atoms with van der Waals surface area (Å²) in [6.45, 7) is 6.23. The fraction of sp³-hybridized carbons (Fsp3) is 1.00. The third kappa shape index (κ3) is 4.40. The van der Waals surface area contributed by atoms with Crippen molar-refractivity contribution in [3.8, 4) is 0 Å². The highest BCUT2D eigenvalue weighted by Gasteiger charge is 2.33. The van der Waals surface area contributed by atoms with Crippen LogP contribution in [0.2, 0.25) is 0 Å². The number of thioether (sulfide) groups is 1. The number of nitrogens with two attached hydrogens (primary N) is 1. The van der Waals surface area contributed by atoms with Crippen LogP contribution in [0.15, 0.2) is 0 Å². The summed E-state index contributed by atoms with van der Waals surface area (Å²) in [5, 5.41) is -0.299. The van der Waals surface area contributed by atoms with Crippen LogP contribution < -0.4 is 5.73 Å². The molecule has 1 rings (SSSR count). The highest BCUT2D eigenvalue weighted by molar-refractivity contribution is 8.01. The average Bonchev–Trinajstić information content (AvgIpc) is 2.38. The Labute approximate surface area is 116 Å². The highest BCUT2D eigenvalue weighted by Crippen LogP contribution is 2.23. The predicted molar refractivity (Wildman–Crippen MR) is 79.6 cm³/mol. The minimum Gasteiger partial charge on any atom is -0.330 e. The zero-order valence-electron chi connectivity index (χ0n) is 11.5. The van der Waals surface area contributed by atoms with E-state index in [1.165, 1.54) is 0 Å². The second-order valence-electron chi connectivity index (χ2n) is 4.87. The molecule has 108 valence electrons. The molecule has 0 bridgehead atoms. The Morgan fingerprint density at radius 3 is 2.72 bits per heavy atom. The fourth-order valence-electron chi connectivity index (χ4n) is 2.37. The highest BCUT2D eigenvalue weighted by atomic mass is 32.2. The molecule has 1 aliphatic heterocycles. The molecule has 0 aromatic rings. The van der Waals surface area contributed by atoms with Crippen LogP contribution in [-0.2, 0) is 9.84 Å². The number of sulfone groups is 1. The molecule has 1 saturated heterocycles. The molecule has 0 aliphatic carbocycles. The van der Waals surface area contributed by atoms with Crippen molar-refractivity contribution in [1.82, 2.24) is 4.90 Å². The molecule has 18 heavy (non-hydrogen) atoms. The lowest BCUT2D eigenvalue weighted by Crippen LogP contribution is -2.50. The molecular formula is C12H26N2O2S2. The normalized spacial score (nSPS) is 24.1. The van der Waals surface area contributed by atoms with Crippen molar-refractivity contribution in [2.24, 2.45) is 11.7 Å². The molecule has 0 aromatic carbocycles. The van der Waals surface area contributed by atoms with E-state index >= 15 is 0 Å². The van der Waals surface area contributed by atoms with Gasteiger partial charge in [0.15, 0.2) is 9.84 Å². The predicted octanol–water partition coefficient (Wildman–Crippen LogP) is 1.17. The summed E-state index contributed by atoms with van der Waals surface area (Å²) in [5.74, 6) is 2.39. The molecule has 0 saturated carbocycles. The van der Waals surface area contributed by atoms with Crippen LogP contribution in [-0.4, -0.2) is 55.6 Å². The van der Waals surface area contributed by atoms with E-state index in [2.05, 4.69) is 11.8 Å². The summed E-state index contributed by atoms with van der Waals surface area (Å²) < 4.78 is 24.2. The molecule has 0 spiro atoms. The molecule has 0 radical (unpaired) electrons. The topological polar surface area (TPSA) is 63.4 Å². The molecule has 1 fully saturated rings. The Bertz CT molecular complexity index is 333. The Morgan fingerprint density at radius 1 is 1.44 bits per heavy atom. The van der Waals surface area contributed by atoms with Gasteiger partial charge in [-0.1, -0.05) is 20.3 Å². The SMILES string of the molecule is CCCC(CN)CN1CCSCC1S(=O)(=O)CC. The van der Waals surface area contributed by atoms with Crippen molar-refractivity contribution in [2.75, 3.05) is 36.9 Å². The van der Waals surface area contributed by atoms with E-state index in [0.29, 0.717) is 18.2 Å². The first kappa shape index (κ1) is 16.3. The van der Waals surface area contributed by atoms with E-state index in [4.69, 9.17) is 5.73 Å². The molecule has 6 heteroatoms. The van der Waals surface area contributed by atoms with Gasteiger partial charge < -0.3 is 5.73 Å². The van der Waals surface area contributed by atoms with Gasteiger partial charge in [-0.05, 0) is 18.9 Å². The van der Waals surface area contributed by atoms with Crippen molar-refractivity contribution in [3.05, 3.63) is 0 Å². The third-order valence-electron chi connectivity index (χ3n) is 3.53. The molecule has 2 unspecified atom stereocenters. The Morgan fingerprint density at radius 2 is 2.17 bits per heavy atom. The maximum absolute atomic E-state index is 12.1. The van der Waals surface area contributed by atoms with E-state index in [-0.39, 0.29) is 11.1 Å². The van der Waals surface area contributed by atoms with Gasteiger partial charge in [0.05, 0.1) is 0 Å². The Balaban J connectivity index is 2.70. The van der Waals surface area contributed by atoms with Crippen LogP contribution >= 0.6 is 11.8 Å². The lowest BCUT2D eigenvalue weighted by atomic mass is 10.0. The summed E-state index contributed by atoms with van der Waals surface area (Å²) in [4.78, 5) is 2.14. The van der Waals surface area contributed by atoms with Crippen molar-refractivity contribution >= 4 is 21.6 Å². The summed E-state index contributed by atoms with van der Waals surface area (Å²) in [6, 6.07) is 0. The van der Waals surface area contributed by atoms with Crippen LogP contribution in [0.3, 0.4) is 0 Å². The molecule has 1 aliphatic rings. The van der Waals surface area contributed by atoms with Crippen LogP contribution in [0.4, 0.5) is 0 Å². The second kappa shape index (κ2) is 7.72. The van der Waals surface area contributed by atoms with Gasteiger partial charge in [0.2, 0.25) is 0 Å². The van der Waals surface area contributed by atoms with Crippen LogP contribution in [0.25, 0.3) is 0 Å². The maximum atomic E-state index is 12.1. The minimum atomic E-state index is -2.97. The number of hydrogen-bond acceptors (Lipinski definition) is 5. The first-order valence-corrected chi connectivity index (χ1v) is 9.65. The first-order valence-electron chi connectivity index (χ1n) is 6.78.